The van der Waals surface area contributed by atoms with Crippen LogP contribution in [0.3, 0.4) is 0 Å². The molecule has 0 bridgehead atoms. The summed E-state index contributed by atoms with van der Waals surface area (Å²) in [6, 6.07) is 4.10. The molecule has 0 saturated heterocycles. The Morgan fingerprint density at radius 2 is 1.94 bits per heavy atom. The first-order valence-electron chi connectivity index (χ1n) is 6.25. The average molecular weight is 252 g/mol. The summed E-state index contributed by atoms with van der Waals surface area (Å²) in [7, 11) is 3.59. The minimum absolute atomic E-state index is 0.0170. The molecular weight excluding hydrogens is 228 g/mol. The lowest BCUT2D eigenvalue weighted by Crippen LogP contribution is -2.16. The van der Waals surface area contributed by atoms with Crippen molar-refractivity contribution in [1.82, 2.24) is 10.3 Å². The molecule has 1 aromatic rings. The molecule has 0 amide bonds. The molecule has 0 aromatic carbocycles. The van der Waals surface area contributed by atoms with Crippen LogP contribution in [-0.2, 0) is 16.7 Å². The topological polar surface area (TPSA) is 43.4 Å². The van der Waals surface area contributed by atoms with Gasteiger partial charge in [-0.3, -0.25) is 0 Å². The monoisotopic (exact) mass is 252 g/mol. The Kier molecular flexibility index (Phi) is 5.56. The first-order chi connectivity index (χ1) is 8.47. The fourth-order valence-corrected chi connectivity index (χ4v) is 1.55. The summed E-state index contributed by atoms with van der Waals surface area (Å²) in [4.78, 5) is 4.55. The minimum Gasteiger partial charge on any atom is -0.475 e. The molecule has 1 N–H and O–H groups in total. The molecule has 0 aliphatic rings. The van der Waals surface area contributed by atoms with Gasteiger partial charge in [-0.15, -0.1) is 0 Å². The van der Waals surface area contributed by atoms with Gasteiger partial charge in [-0.1, -0.05) is 20.8 Å². The van der Waals surface area contributed by atoms with E-state index < -0.39 is 0 Å². The molecule has 1 rings (SSSR count). The summed E-state index contributed by atoms with van der Waals surface area (Å²) >= 11 is 0. The highest BCUT2D eigenvalue weighted by atomic mass is 16.5. The van der Waals surface area contributed by atoms with Gasteiger partial charge in [-0.2, -0.15) is 0 Å². The van der Waals surface area contributed by atoms with Gasteiger partial charge in [0.25, 0.3) is 0 Å². The van der Waals surface area contributed by atoms with Crippen molar-refractivity contribution >= 4 is 0 Å². The number of nitrogens with zero attached hydrogens (tertiary/aromatic N) is 1. The van der Waals surface area contributed by atoms with Gasteiger partial charge in [0.2, 0.25) is 5.88 Å². The standard InChI is InChI=1S/C14H24N2O2/c1-14(2,3)12-8-11(10-15-4)9-13(16-12)18-7-6-17-5/h8-9,15H,6-7,10H2,1-5H3. The Bertz CT molecular complexity index is 373. The van der Waals surface area contributed by atoms with E-state index in [2.05, 4.69) is 37.1 Å². The van der Waals surface area contributed by atoms with Crippen LogP contribution in [0.15, 0.2) is 12.1 Å². The predicted molar refractivity (Wildman–Crippen MR) is 73.1 cm³/mol. The second-order valence-electron chi connectivity index (χ2n) is 5.32. The number of nitrogens with one attached hydrogen (secondary N) is 1. The summed E-state index contributed by atoms with van der Waals surface area (Å²) in [6.07, 6.45) is 0. The maximum absolute atomic E-state index is 5.61. The Balaban J connectivity index is 2.91. The zero-order chi connectivity index (χ0) is 13.6. The third-order valence-electron chi connectivity index (χ3n) is 2.55. The van der Waals surface area contributed by atoms with Gasteiger partial charge < -0.3 is 14.8 Å². The van der Waals surface area contributed by atoms with Crippen LogP contribution >= 0.6 is 0 Å². The molecule has 4 nitrogen and oxygen atoms in total. The molecule has 0 spiro atoms. The molecule has 1 heterocycles. The molecule has 4 heteroatoms. The fraction of sp³-hybridized carbons (Fsp3) is 0.643. The van der Waals surface area contributed by atoms with Crippen LogP contribution in [0, 0.1) is 0 Å². The molecule has 0 atom stereocenters. The third kappa shape index (κ3) is 4.63. The molecule has 0 unspecified atom stereocenters. The Morgan fingerprint density at radius 3 is 2.50 bits per heavy atom. The van der Waals surface area contributed by atoms with E-state index >= 15 is 0 Å². The molecule has 0 saturated carbocycles. The van der Waals surface area contributed by atoms with Crippen LogP contribution in [0.25, 0.3) is 0 Å². The summed E-state index contributed by atoms with van der Waals surface area (Å²) in [5.41, 5.74) is 2.25. The number of methoxy groups -OCH3 is 1. The zero-order valence-corrected chi connectivity index (χ0v) is 12.0. The summed E-state index contributed by atoms with van der Waals surface area (Å²) in [5.74, 6) is 0.671. The Labute approximate surface area is 110 Å². The van der Waals surface area contributed by atoms with Crippen LogP contribution in [0.2, 0.25) is 0 Å². The van der Waals surface area contributed by atoms with E-state index in [0.717, 1.165) is 12.2 Å². The average Bonchev–Trinajstić information content (AvgIpc) is 2.28. The van der Waals surface area contributed by atoms with Gasteiger partial charge in [0, 0.05) is 25.1 Å². The van der Waals surface area contributed by atoms with E-state index in [0.29, 0.717) is 19.1 Å². The van der Waals surface area contributed by atoms with Crippen molar-refractivity contribution in [2.24, 2.45) is 0 Å². The van der Waals surface area contributed by atoms with E-state index in [1.807, 2.05) is 13.1 Å². The lowest BCUT2D eigenvalue weighted by atomic mass is 9.91. The second-order valence-corrected chi connectivity index (χ2v) is 5.32. The van der Waals surface area contributed by atoms with E-state index in [4.69, 9.17) is 9.47 Å². The normalized spacial score (nSPS) is 11.6. The molecule has 0 aliphatic carbocycles. The van der Waals surface area contributed by atoms with E-state index in [9.17, 15) is 0 Å². The van der Waals surface area contributed by atoms with Crippen molar-refractivity contribution in [1.29, 1.82) is 0 Å². The summed E-state index contributed by atoms with van der Waals surface area (Å²) < 4.78 is 10.6. The van der Waals surface area contributed by atoms with Crippen molar-refractivity contribution in [3.05, 3.63) is 23.4 Å². The molecule has 1 aromatic heterocycles. The third-order valence-corrected chi connectivity index (χ3v) is 2.55. The SMILES string of the molecule is CNCc1cc(OCCOC)nc(C(C)(C)C)c1. The predicted octanol–water partition coefficient (Wildman–Crippen LogP) is 2.12. The Hall–Kier alpha value is -1.13. The number of hydrogen-bond acceptors (Lipinski definition) is 4. The lowest BCUT2D eigenvalue weighted by Gasteiger charge is -2.20. The van der Waals surface area contributed by atoms with Gasteiger partial charge >= 0.3 is 0 Å². The van der Waals surface area contributed by atoms with Gasteiger partial charge in [0.05, 0.1) is 12.3 Å². The molecular formula is C14H24N2O2. The van der Waals surface area contributed by atoms with Crippen molar-refractivity contribution in [3.63, 3.8) is 0 Å². The molecule has 0 aliphatic heterocycles. The van der Waals surface area contributed by atoms with E-state index in [1.54, 1.807) is 7.11 Å². The van der Waals surface area contributed by atoms with E-state index in [-0.39, 0.29) is 5.41 Å². The van der Waals surface area contributed by atoms with Crippen molar-refractivity contribution in [3.8, 4) is 5.88 Å². The maximum Gasteiger partial charge on any atom is 0.213 e. The number of ether oxygens (including phenoxy) is 2. The highest BCUT2D eigenvalue weighted by molar-refractivity contribution is 5.28. The van der Waals surface area contributed by atoms with Crippen molar-refractivity contribution < 1.29 is 9.47 Å². The smallest absolute Gasteiger partial charge is 0.213 e. The van der Waals surface area contributed by atoms with Crippen molar-refractivity contribution in [2.45, 2.75) is 32.7 Å². The molecule has 18 heavy (non-hydrogen) atoms. The second kappa shape index (κ2) is 6.71. The van der Waals surface area contributed by atoms with Crippen molar-refractivity contribution in [2.75, 3.05) is 27.4 Å². The van der Waals surface area contributed by atoms with E-state index in [1.165, 1.54) is 5.56 Å². The fourth-order valence-electron chi connectivity index (χ4n) is 1.55. The lowest BCUT2D eigenvalue weighted by molar-refractivity contribution is 0.143. The van der Waals surface area contributed by atoms with Crippen LogP contribution in [-0.4, -0.2) is 32.4 Å². The molecule has 0 fully saturated rings. The van der Waals surface area contributed by atoms with Crippen LogP contribution < -0.4 is 10.1 Å². The highest BCUT2D eigenvalue weighted by Gasteiger charge is 2.17. The van der Waals surface area contributed by atoms with Crippen LogP contribution in [0.5, 0.6) is 5.88 Å². The van der Waals surface area contributed by atoms with Gasteiger partial charge in [0.15, 0.2) is 0 Å². The summed E-state index contributed by atoms with van der Waals surface area (Å²) in [5, 5.41) is 3.15. The first kappa shape index (κ1) is 14.9. The maximum atomic E-state index is 5.61. The Morgan fingerprint density at radius 1 is 1.22 bits per heavy atom. The largest absolute Gasteiger partial charge is 0.475 e. The number of hydrogen-bond donors (Lipinski definition) is 1. The molecule has 0 radical (unpaired) electrons. The molecule has 102 valence electrons. The minimum atomic E-state index is 0.0170. The quantitative estimate of drug-likeness (QED) is 0.788. The number of aromatic nitrogens is 1. The number of pyridine rings is 1. The highest BCUT2D eigenvalue weighted by Crippen LogP contribution is 2.24. The van der Waals surface area contributed by atoms with Crippen LogP contribution in [0.1, 0.15) is 32.0 Å². The van der Waals surface area contributed by atoms with Crippen LogP contribution in [0.4, 0.5) is 0 Å². The number of rotatable bonds is 6. The summed E-state index contributed by atoms with van der Waals surface area (Å²) in [6.45, 7) is 8.36. The van der Waals surface area contributed by atoms with Gasteiger partial charge in [0.1, 0.15) is 6.61 Å². The van der Waals surface area contributed by atoms with Gasteiger partial charge in [-0.05, 0) is 18.7 Å². The zero-order valence-electron chi connectivity index (χ0n) is 12.0. The first-order valence-corrected chi connectivity index (χ1v) is 6.25. The van der Waals surface area contributed by atoms with Gasteiger partial charge in [-0.25, -0.2) is 4.98 Å².